The summed E-state index contributed by atoms with van der Waals surface area (Å²) in [5, 5.41) is 3.86. The molecule has 0 amide bonds. The summed E-state index contributed by atoms with van der Waals surface area (Å²) < 4.78 is 10.2. The molecule has 80 valence electrons. The quantitative estimate of drug-likeness (QED) is 0.833. The lowest BCUT2D eigenvalue weighted by Crippen LogP contribution is -2.08. The van der Waals surface area contributed by atoms with E-state index < -0.39 is 0 Å². The molecule has 2 aromatic rings. The largest absolute Gasteiger partial charge is 0.469 e. The number of hydrogen-bond donors (Lipinski definition) is 1. The SMILES string of the molecule is CCC(N)c1nc(-c2ccoc2C)no1. The third-order valence-corrected chi connectivity index (χ3v) is 2.30. The molecule has 15 heavy (non-hydrogen) atoms. The lowest BCUT2D eigenvalue weighted by atomic mass is 10.2. The summed E-state index contributed by atoms with van der Waals surface area (Å²) in [6.45, 7) is 3.82. The van der Waals surface area contributed by atoms with Crippen molar-refractivity contribution in [2.45, 2.75) is 26.3 Å². The second-order valence-corrected chi connectivity index (χ2v) is 3.36. The Hall–Kier alpha value is -1.62. The molecular formula is C10H13N3O2. The van der Waals surface area contributed by atoms with Crippen LogP contribution >= 0.6 is 0 Å². The Bertz CT molecular complexity index is 447. The standard InChI is InChI=1S/C10H13N3O2/c1-3-8(11)10-12-9(13-15-10)7-4-5-14-6(7)2/h4-5,8H,3,11H2,1-2H3. The van der Waals surface area contributed by atoms with E-state index in [0.29, 0.717) is 11.7 Å². The van der Waals surface area contributed by atoms with Gasteiger partial charge in [-0.2, -0.15) is 4.98 Å². The molecule has 0 aliphatic rings. The van der Waals surface area contributed by atoms with Crippen LogP contribution in [0.1, 0.15) is 31.0 Å². The van der Waals surface area contributed by atoms with Gasteiger partial charge in [-0.15, -0.1) is 0 Å². The number of furan rings is 1. The molecule has 2 N–H and O–H groups in total. The van der Waals surface area contributed by atoms with Gasteiger partial charge in [-0.1, -0.05) is 12.1 Å². The molecule has 0 aromatic carbocycles. The van der Waals surface area contributed by atoms with Gasteiger partial charge in [0.15, 0.2) is 0 Å². The number of nitrogens with zero attached hydrogens (tertiary/aromatic N) is 2. The van der Waals surface area contributed by atoms with E-state index >= 15 is 0 Å². The Morgan fingerprint density at radius 3 is 2.93 bits per heavy atom. The smallest absolute Gasteiger partial charge is 0.243 e. The van der Waals surface area contributed by atoms with E-state index in [1.807, 2.05) is 13.8 Å². The first-order chi connectivity index (χ1) is 7.22. The lowest BCUT2D eigenvalue weighted by molar-refractivity contribution is 0.352. The van der Waals surface area contributed by atoms with E-state index in [1.165, 1.54) is 0 Å². The third kappa shape index (κ3) is 1.78. The van der Waals surface area contributed by atoms with Gasteiger partial charge in [0.2, 0.25) is 11.7 Å². The van der Waals surface area contributed by atoms with Crippen LogP contribution in [0, 0.1) is 6.92 Å². The summed E-state index contributed by atoms with van der Waals surface area (Å²) in [4.78, 5) is 4.22. The fourth-order valence-electron chi connectivity index (χ4n) is 1.29. The van der Waals surface area contributed by atoms with Gasteiger partial charge in [0.05, 0.1) is 17.9 Å². The minimum absolute atomic E-state index is 0.196. The van der Waals surface area contributed by atoms with E-state index in [9.17, 15) is 0 Å². The van der Waals surface area contributed by atoms with E-state index in [1.54, 1.807) is 12.3 Å². The number of nitrogens with two attached hydrogens (primary N) is 1. The van der Waals surface area contributed by atoms with Gasteiger partial charge in [0.25, 0.3) is 0 Å². The van der Waals surface area contributed by atoms with Crippen LogP contribution < -0.4 is 5.73 Å². The average Bonchev–Trinajstić information content (AvgIpc) is 2.84. The van der Waals surface area contributed by atoms with E-state index in [-0.39, 0.29) is 6.04 Å². The van der Waals surface area contributed by atoms with Crippen molar-refractivity contribution in [3.63, 3.8) is 0 Å². The van der Waals surface area contributed by atoms with Crippen molar-refractivity contribution in [1.82, 2.24) is 10.1 Å². The summed E-state index contributed by atoms with van der Waals surface area (Å²) in [5.41, 5.74) is 6.62. The zero-order valence-electron chi connectivity index (χ0n) is 8.73. The van der Waals surface area contributed by atoms with Gasteiger partial charge in [0.1, 0.15) is 5.76 Å². The van der Waals surface area contributed by atoms with Crippen LogP contribution in [0.2, 0.25) is 0 Å². The van der Waals surface area contributed by atoms with Crippen molar-refractivity contribution in [3.05, 3.63) is 24.0 Å². The monoisotopic (exact) mass is 207 g/mol. The van der Waals surface area contributed by atoms with Crippen LogP contribution in [0.5, 0.6) is 0 Å². The minimum Gasteiger partial charge on any atom is -0.469 e. The first kappa shape index (κ1) is 9.92. The molecule has 0 spiro atoms. The maximum Gasteiger partial charge on any atom is 0.243 e. The first-order valence-electron chi connectivity index (χ1n) is 4.86. The maximum absolute atomic E-state index is 5.78. The number of aromatic nitrogens is 2. The second kappa shape index (κ2) is 3.86. The van der Waals surface area contributed by atoms with Gasteiger partial charge in [-0.25, -0.2) is 0 Å². The van der Waals surface area contributed by atoms with Gasteiger partial charge in [0, 0.05) is 0 Å². The van der Waals surface area contributed by atoms with Crippen LogP contribution in [-0.2, 0) is 0 Å². The van der Waals surface area contributed by atoms with Gasteiger partial charge < -0.3 is 14.7 Å². The first-order valence-corrected chi connectivity index (χ1v) is 4.86. The Balaban J connectivity index is 2.32. The van der Waals surface area contributed by atoms with Crippen molar-refractivity contribution in [2.75, 3.05) is 0 Å². The predicted molar refractivity (Wildman–Crippen MR) is 54.0 cm³/mol. The van der Waals surface area contributed by atoms with Crippen molar-refractivity contribution in [3.8, 4) is 11.4 Å². The normalized spacial score (nSPS) is 13.0. The highest BCUT2D eigenvalue weighted by Crippen LogP contribution is 2.22. The second-order valence-electron chi connectivity index (χ2n) is 3.36. The van der Waals surface area contributed by atoms with E-state index in [4.69, 9.17) is 14.7 Å². The molecule has 1 atom stereocenters. The highest BCUT2D eigenvalue weighted by atomic mass is 16.5. The van der Waals surface area contributed by atoms with Crippen LogP contribution in [0.25, 0.3) is 11.4 Å². The number of rotatable bonds is 3. The van der Waals surface area contributed by atoms with Crippen LogP contribution in [0.4, 0.5) is 0 Å². The zero-order chi connectivity index (χ0) is 10.8. The van der Waals surface area contributed by atoms with Crippen LogP contribution in [0.3, 0.4) is 0 Å². The predicted octanol–water partition coefficient (Wildman–Crippen LogP) is 2.05. The molecule has 1 unspecified atom stereocenters. The molecule has 0 bridgehead atoms. The molecule has 0 aliphatic carbocycles. The van der Waals surface area contributed by atoms with Gasteiger partial charge >= 0.3 is 0 Å². The van der Waals surface area contributed by atoms with E-state index in [2.05, 4.69) is 10.1 Å². The summed E-state index contributed by atoms with van der Waals surface area (Å²) in [7, 11) is 0. The highest BCUT2D eigenvalue weighted by Gasteiger charge is 2.16. The topological polar surface area (TPSA) is 78.1 Å². The molecule has 0 fully saturated rings. The number of aryl methyl sites for hydroxylation is 1. The molecule has 0 radical (unpaired) electrons. The Kier molecular flexibility index (Phi) is 2.55. The average molecular weight is 207 g/mol. The van der Waals surface area contributed by atoms with Gasteiger partial charge in [-0.3, -0.25) is 0 Å². The fourth-order valence-corrected chi connectivity index (χ4v) is 1.29. The van der Waals surface area contributed by atoms with Crippen molar-refractivity contribution < 1.29 is 8.94 Å². The lowest BCUT2D eigenvalue weighted by Gasteiger charge is -1.98. The molecule has 5 heteroatoms. The summed E-state index contributed by atoms with van der Waals surface area (Å²) in [6, 6.07) is 1.61. The molecule has 0 saturated carbocycles. The third-order valence-electron chi connectivity index (χ3n) is 2.30. The summed E-state index contributed by atoms with van der Waals surface area (Å²) in [6.07, 6.45) is 2.37. The maximum atomic E-state index is 5.78. The van der Waals surface area contributed by atoms with Crippen LogP contribution in [-0.4, -0.2) is 10.1 Å². The fraction of sp³-hybridized carbons (Fsp3) is 0.400. The molecular weight excluding hydrogens is 194 g/mol. The zero-order valence-corrected chi connectivity index (χ0v) is 8.73. The molecule has 2 heterocycles. The summed E-state index contributed by atoms with van der Waals surface area (Å²) in [5.74, 6) is 1.76. The molecule has 0 aliphatic heterocycles. The molecule has 0 saturated heterocycles. The molecule has 2 rings (SSSR count). The Morgan fingerprint density at radius 2 is 2.33 bits per heavy atom. The Labute approximate surface area is 87.3 Å². The van der Waals surface area contributed by atoms with Crippen molar-refractivity contribution in [2.24, 2.45) is 5.73 Å². The number of hydrogen-bond acceptors (Lipinski definition) is 5. The van der Waals surface area contributed by atoms with Gasteiger partial charge in [-0.05, 0) is 19.4 Å². The van der Waals surface area contributed by atoms with Crippen LogP contribution in [0.15, 0.2) is 21.3 Å². The highest BCUT2D eigenvalue weighted by molar-refractivity contribution is 5.56. The molecule has 5 nitrogen and oxygen atoms in total. The summed E-state index contributed by atoms with van der Waals surface area (Å²) >= 11 is 0. The Morgan fingerprint density at radius 1 is 1.53 bits per heavy atom. The molecule has 2 aromatic heterocycles. The van der Waals surface area contributed by atoms with Crippen molar-refractivity contribution >= 4 is 0 Å². The minimum atomic E-state index is -0.196. The van der Waals surface area contributed by atoms with E-state index in [0.717, 1.165) is 17.7 Å². The van der Waals surface area contributed by atoms with Crippen molar-refractivity contribution in [1.29, 1.82) is 0 Å².